The summed E-state index contributed by atoms with van der Waals surface area (Å²) in [6.07, 6.45) is 1.58. The van der Waals surface area contributed by atoms with Gasteiger partial charge in [-0.3, -0.25) is 4.79 Å². The molecule has 4 rings (SSSR count). The van der Waals surface area contributed by atoms with Crippen LogP contribution in [-0.4, -0.2) is 29.2 Å². The molecule has 1 aliphatic rings. The quantitative estimate of drug-likeness (QED) is 0.653. The monoisotopic (exact) mass is 412 g/mol. The van der Waals surface area contributed by atoms with Crippen molar-refractivity contribution in [2.24, 2.45) is 5.92 Å². The van der Waals surface area contributed by atoms with Crippen molar-refractivity contribution in [2.45, 2.75) is 19.8 Å². The van der Waals surface area contributed by atoms with E-state index in [1.165, 1.54) is 0 Å². The molecule has 1 saturated heterocycles. The largest absolute Gasteiger partial charge is 0.355 e. The van der Waals surface area contributed by atoms with Gasteiger partial charge in [0.2, 0.25) is 5.91 Å². The summed E-state index contributed by atoms with van der Waals surface area (Å²) >= 11 is 7.80. The van der Waals surface area contributed by atoms with Crippen molar-refractivity contribution in [2.75, 3.05) is 23.3 Å². The number of hydrogen-bond acceptors (Lipinski definition) is 5. The van der Waals surface area contributed by atoms with Crippen LogP contribution in [0, 0.1) is 12.8 Å². The molecule has 2 aromatic heterocycles. The van der Waals surface area contributed by atoms with E-state index in [4.69, 9.17) is 11.6 Å². The predicted octanol–water partition coefficient (Wildman–Crippen LogP) is 5.02. The zero-order valence-electron chi connectivity index (χ0n) is 15.6. The predicted molar refractivity (Wildman–Crippen MR) is 115 cm³/mol. The Bertz CT molecular complexity index is 951. The number of anilines is 2. The minimum Gasteiger partial charge on any atom is -0.355 e. The van der Waals surface area contributed by atoms with Crippen LogP contribution in [-0.2, 0) is 4.79 Å². The van der Waals surface area contributed by atoms with E-state index in [0.717, 1.165) is 53.6 Å². The first kappa shape index (κ1) is 18.9. The van der Waals surface area contributed by atoms with Crippen molar-refractivity contribution in [1.82, 2.24) is 10.2 Å². The first-order chi connectivity index (χ1) is 13.6. The molecule has 0 spiro atoms. The zero-order chi connectivity index (χ0) is 19.5. The van der Waals surface area contributed by atoms with Crippen LogP contribution in [0.5, 0.6) is 0 Å². The molecule has 0 aliphatic carbocycles. The smallest absolute Gasteiger partial charge is 0.227 e. The third-order valence-electron chi connectivity index (χ3n) is 5.14. The van der Waals surface area contributed by atoms with Crippen LogP contribution in [0.4, 0.5) is 11.5 Å². The first-order valence-electron chi connectivity index (χ1n) is 9.30. The maximum atomic E-state index is 12.7. The second-order valence-electron chi connectivity index (χ2n) is 6.92. The summed E-state index contributed by atoms with van der Waals surface area (Å²) < 4.78 is 0. The third kappa shape index (κ3) is 4.03. The summed E-state index contributed by atoms with van der Waals surface area (Å²) in [6.45, 7) is 3.50. The van der Waals surface area contributed by atoms with Gasteiger partial charge < -0.3 is 10.2 Å². The van der Waals surface area contributed by atoms with Gasteiger partial charge in [0.25, 0.3) is 0 Å². The Morgan fingerprint density at radius 2 is 1.96 bits per heavy atom. The van der Waals surface area contributed by atoms with E-state index >= 15 is 0 Å². The van der Waals surface area contributed by atoms with Gasteiger partial charge in [0.1, 0.15) is 5.69 Å². The summed E-state index contributed by atoms with van der Waals surface area (Å²) in [7, 11) is 0. The van der Waals surface area contributed by atoms with E-state index in [1.807, 2.05) is 54.8 Å². The highest BCUT2D eigenvalue weighted by molar-refractivity contribution is 7.13. The lowest BCUT2D eigenvalue weighted by molar-refractivity contribution is -0.120. The lowest BCUT2D eigenvalue weighted by Crippen LogP contribution is -2.38. The summed E-state index contributed by atoms with van der Waals surface area (Å²) in [5.74, 6) is 0.918. The Morgan fingerprint density at radius 1 is 1.14 bits per heavy atom. The van der Waals surface area contributed by atoms with E-state index in [9.17, 15) is 4.79 Å². The van der Waals surface area contributed by atoms with Crippen molar-refractivity contribution in [3.63, 3.8) is 0 Å². The van der Waals surface area contributed by atoms with E-state index in [1.54, 1.807) is 11.3 Å². The first-order valence-corrected chi connectivity index (χ1v) is 10.6. The molecule has 1 fully saturated rings. The van der Waals surface area contributed by atoms with Crippen LogP contribution in [0.25, 0.3) is 10.6 Å². The van der Waals surface area contributed by atoms with Gasteiger partial charge >= 0.3 is 0 Å². The number of piperidine rings is 1. The van der Waals surface area contributed by atoms with Gasteiger partial charge in [-0.2, -0.15) is 0 Å². The molecule has 0 radical (unpaired) electrons. The standard InChI is InChI=1S/C21H21ClN4OS/c1-14-16(22)4-2-5-17(14)23-21(27)15-9-11-26(12-10-15)20-8-7-18(24-25-20)19-6-3-13-28-19/h2-8,13,15H,9-12H2,1H3,(H,23,27). The van der Waals surface area contributed by atoms with Gasteiger partial charge in [-0.1, -0.05) is 23.7 Å². The topological polar surface area (TPSA) is 58.1 Å². The second kappa shape index (κ2) is 8.29. The fourth-order valence-electron chi connectivity index (χ4n) is 3.40. The molecule has 3 aromatic rings. The van der Waals surface area contributed by atoms with Gasteiger partial charge in [0, 0.05) is 29.7 Å². The maximum absolute atomic E-state index is 12.7. The Balaban J connectivity index is 1.35. The van der Waals surface area contributed by atoms with Crippen molar-refractivity contribution < 1.29 is 4.79 Å². The van der Waals surface area contributed by atoms with E-state index < -0.39 is 0 Å². The molecule has 144 valence electrons. The number of carbonyl (C=O) groups excluding carboxylic acids is 1. The summed E-state index contributed by atoms with van der Waals surface area (Å²) in [5, 5.41) is 14.5. The van der Waals surface area contributed by atoms with Gasteiger partial charge in [0.15, 0.2) is 5.82 Å². The van der Waals surface area contributed by atoms with E-state index in [0.29, 0.717) is 5.02 Å². The fourth-order valence-corrected chi connectivity index (χ4v) is 4.26. The summed E-state index contributed by atoms with van der Waals surface area (Å²) in [6, 6.07) is 13.6. The van der Waals surface area contributed by atoms with Crippen LogP contribution in [0.1, 0.15) is 18.4 Å². The third-order valence-corrected chi connectivity index (χ3v) is 6.44. The second-order valence-corrected chi connectivity index (χ2v) is 8.27. The molecule has 0 bridgehead atoms. The number of carbonyl (C=O) groups is 1. The zero-order valence-corrected chi connectivity index (χ0v) is 17.1. The molecule has 1 amide bonds. The minimum atomic E-state index is -0.00650. The molecule has 5 nitrogen and oxygen atoms in total. The Kier molecular flexibility index (Phi) is 5.59. The fraction of sp³-hybridized carbons (Fsp3) is 0.286. The number of rotatable bonds is 4. The molecule has 1 aliphatic heterocycles. The average molecular weight is 413 g/mol. The highest BCUT2D eigenvalue weighted by atomic mass is 35.5. The Morgan fingerprint density at radius 3 is 2.64 bits per heavy atom. The normalized spacial score (nSPS) is 14.9. The van der Waals surface area contributed by atoms with Crippen LogP contribution in [0.15, 0.2) is 47.8 Å². The molecule has 3 heterocycles. The van der Waals surface area contributed by atoms with Crippen LogP contribution in [0.3, 0.4) is 0 Å². The number of amides is 1. The summed E-state index contributed by atoms with van der Waals surface area (Å²) in [5.41, 5.74) is 2.58. The lowest BCUT2D eigenvalue weighted by Gasteiger charge is -2.32. The maximum Gasteiger partial charge on any atom is 0.227 e. The number of aromatic nitrogens is 2. The van der Waals surface area contributed by atoms with Crippen LogP contribution in [0.2, 0.25) is 5.02 Å². The van der Waals surface area contributed by atoms with Crippen LogP contribution >= 0.6 is 22.9 Å². The molecule has 7 heteroatoms. The summed E-state index contributed by atoms with van der Waals surface area (Å²) in [4.78, 5) is 16.0. The Labute approximate surface area is 173 Å². The molecule has 0 unspecified atom stereocenters. The highest BCUT2D eigenvalue weighted by Crippen LogP contribution is 2.27. The van der Waals surface area contributed by atoms with E-state index in [-0.39, 0.29) is 11.8 Å². The molecule has 1 aromatic carbocycles. The average Bonchev–Trinajstić information content (AvgIpc) is 3.26. The molecule has 0 atom stereocenters. The van der Waals surface area contributed by atoms with Gasteiger partial charge in [-0.25, -0.2) is 0 Å². The van der Waals surface area contributed by atoms with Gasteiger partial charge in [-0.05, 0) is 61.0 Å². The molecular weight excluding hydrogens is 392 g/mol. The number of halogens is 1. The SMILES string of the molecule is Cc1c(Cl)cccc1NC(=O)C1CCN(c2ccc(-c3cccs3)nn2)CC1. The minimum absolute atomic E-state index is 0.00650. The van der Waals surface area contributed by atoms with Gasteiger partial charge in [-0.15, -0.1) is 21.5 Å². The number of hydrogen-bond donors (Lipinski definition) is 1. The van der Waals surface area contributed by atoms with Crippen molar-refractivity contribution in [1.29, 1.82) is 0 Å². The van der Waals surface area contributed by atoms with Crippen molar-refractivity contribution in [3.8, 4) is 10.6 Å². The Hall–Kier alpha value is -2.44. The van der Waals surface area contributed by atoms with E-state index in [2.05, 4.69) is 20.4 Å². The van der Waals surface area contributed by atoms with Crippen molar-refractivity contribution in [3.05, 3.63) is 58.4 Å². The molecule has 28 heavy (non-hydrogen) atoms. The molecule has 1 N–H and O–H groups in total. The lowest BCUT2D eigenvalue weighted by atomic mass is 9.95. The highest BCUT2D eigenvalue weighted by Gasteiger charge is 2.26. The van der Waals surface area contributed by atoms with Crippen molar-refractivity contribution >= 4 is 40.4 Å². The van der Waals surface area contributed by atoms with Gasteiger partial charge in [0.05, 0.1) is 4.88 Å². The number of thiophene rings is 1. The number of nitrogens with one attached hydrogen (secondary N) is 1. The molecular formula is C21H21ClN4OS. The number of nitrogens with zero attached hydrogens (tertiary/aromatic N) is 3. The van der Waals surface area contributed by atoms with Crippen LogP contribution < -0.4 is 10.2 Å². The number of benzene rings is 1. The molecule has 0 saturated carbocycles.